The summed E-state index contributed by atoms with van der Waals surface area (Å²) in [6.45, 7) is 5.78. The fourth-order valence-electron chi connectivity index (χ4n) is 2.06. The average Bonchev–Trinajstić information content (AvgIpc) is 2.66. The van der Waals surface area contributed by atoms with Crippen LogP contribution in [0.2, 0.25) is 0 Å². The van der Waals surface area contributed by atoms with E-state index in [0.717, 1.165) is 18.4 Å². The fraction of sp³-hybridized carbons (Fsp3) is 0.692. The van der Waals surface area contributed by atoms with Gasteiger partial charge >= 0.3 is 0 Å². The molecule has 0 bridgehead atoms. The molecule has 1 atom stereocenters. The Balaban J connectivity index is 2.30. The van der Waals surface area contributed by atoms with Crippen LogP contribution in [0.5, 0.6) is 0 Å². The van der Waals surface area contributed by atoms with E-state index in [-0.39, 0.29) is 0 Å². The van der Waals surface area contributed by atoms with Crippen LogP contribution in [0.1, 0.15) is 32.3 Å². The van der Waals surface area contributed by atoms with E-state index in [1.54, 1.807) is 11.3 Å². The van der Waals surface area contributed by atoms with Crippen molar-refractivity contribution in [1.82, 2.24) is 5.32 Å². The number of nitrogens with one attached hydrogen (secondary N) is 1. The first kappa shape index (κ1) is 12.7. The third-order valence-electron chi connectivity index (χ3n) is 2.72. The normalized spacial score (nSPS) is 13.3. The maximum atomic E-state index is 3.31. The Kier molecular flexibility index (Phi) is 5.96. The van der Waals surface area contributed by atoms with E-state index in [9.17, 15) is 0 Å². The van der Waals surface area contributed by atoms with Crippen molar-refractivity contribution in [3.63, 3.8) is 0 Å². The van der Waals surface area contributed by atoms with Gasteiger partial charge < -0.3 is 5.32 Å². The van der Waals surface area contributed by atoms with Gasteiger partial charge in [0.05, 0.1) is 0 Å². The zero-order valence-corrected chi connectivity index (χ0v) is 10.9. The molecule has 1 aromatic heterocycles. The van der Waals surface area contributed by atoms with E-state index in [1.807, 2.05) is 0 Å². The van der Waals surface area contributed by atoms with E-state index >= 15 is 0 Å². The number of rotatable bonds is 7. The molecule has 0 fully saturated rings. The van der Waals surface area contributed by atoms with Gasteiger partial charge in [-0.1, -0.05) is 13.8 Å². The largest absolute Gasteiger partial charge is 0.319 e. The molecule has 2 heteroatoms. The highest BCUT2D eigenvalue weighted by molar-refractivity contribution is 7.07. The summed E-state index contributed by atoms with van der Waals surface area (Å²) in [5.74, 6) is 1.64. The molecule has 0 aliphatic heterocycles. The smallest absolute Gasteiger partial charge is 0.00233 e. The Morgan fingerprint density at radius 3 is 2.73 bits per heavy atom. The zero-order chi connectivity index (χ0) is 11.1. The van der Waals surface area contributed by atoms with E-state index in [2.05, 4.69) is 43.0 Å². The summed E-state index contributed by atoms with van der Waals surface area (Å²) in [7, 11) is 2.05. The summed E-state index contributed by atoms with van der Waals surface area (Å²) in [6, 6.07) is 2.25. The minimum absolute atomic E-state index is 0.811. The monoisotopic (exact) mass is 225 g/mol. The molecule has 1 N–H and O–H groups in total. The van der Waals surface area contributed by atoms with Crippen molar-refractivity contribution < 1.29 is 0 Å². The molecule has 1 unspecified atom stereocenters. The molecular weight excluding hydrogens is 202 g/mol. The van der Waals surface area contributed by atoms with Crippen molar-refractivity contribution in [3.8, 4) is 0 Å². The Morgan fingerprint density at radius 2 is 2.20 bits per heavy atom. The Labute approximate surface area is 97.9 Å². The number of hydrogen-bond donors (Lipinski definition) is 1. The van der Waals surface area contributed by atoms with Crippen LogP contribution in [0.15, 0.2) is 16.8 Å². The lowest BCUT2D eigenvalue weighted by Gasteiger charge is -2.18. The molecule has 0 saturated carbocycles. The van der Waals surface area contributed by atoms with Gasteiger partial charge in [0.15, 0.2) is 0 Å². The van der Waals surface area contributed by atoms with Gasteiger partial charge in [-0.15, -0.1) is 0 Å². The van der Waals surface area contributed by atoms with Crippen molar-refractivity contribution in [2.24, 2.45) is 11.8 Å². The minimum Gasteiger partial charge on any atom is -0.319 e. The number of aryl methyl sites for hydroxylation is 1. The minimum atomic E-state index is 0.811. The number of hydrogen-bond acceptors (Lipinski definition) is 2. The summed E-state index contributed by atoms with van der Waals surface area (Å²) < 4.78 is 0. The van der Waals surface area contributed by atoms with E-state index < -0.39 is 0 Å². The molecule has 86 valence electrons. The first-order chi connectivity index (χ1) is 7.22. The average molecular weight is 225 g/mol. The molecule has 0 aromatic carbocycles. The van der Waals surface area contributed by atoms with Gasteiger partial charge in [-0.05, 0) is 67.1 Å². The lowest BCUT2D eigenvalue weighted by atomic mass is 9.92. The SMILES string of the molecule is CNCC(CCc1ccsc1)CC(C)C. The number of thiophene rings is 1. The van der Waals surface area contributed by atoms with Gasteiger partial charge in [-0.25, -0.2) is 0 Å². The molecule has 0 amide bonds. The third kappa shape index (κ3) is 5.33. The van der Waals surface area contributed by atoms with Crippen LogP contribution in [-0.2, 0) is 6.42 Å². The van der Waals surface area contributed by atoms with Gasteiger partial charge in [0.1, 0.15) is 0 Å². The summed E-state index contributed by atoms with van der Waals surface area (Å²) in [5.41, 5.74) is 1.50. The van der Waals surface area contributed by atoms with Gasteiger partial charge in [0, 0.05) is 0 Å². The fourth-order valence-corrected chi connectivity index (χ4v) is 2.77. The van der Waals surface area contributed by atoms with Crippen LogP contribution in [0, 0.1) is 11.8 Å². The molecule has 15 heavy (non-hydrogen) atoms. The highest BCUT2D eigenvalue weighted by Gasteiger charge is 2.10. The molecule has 0 aliphatic rings. The first-order valence-electron chi connectivity index (χ1n) is 5.88. The molecule has 1 rings (SSSR count). The van der Waals surface area contributed by atoms with Crippen LogP contribution in [0.3, 0.4) is 0 Å². The third-order valence-corrected chi connectivity index (χ3v) is 3.45. The predicted octanol–water partition coefficient (Wildman–Crippen LogP) is 3.56. The van der Waals surface area contributed by atoms with Crippen molar-refractivity contribution in [1.29, 1.82) is 0 Å². The lowest BCUT2D eigenvalue weighted by Crippen LogP contribution is -2.20. The first-order valence-corrected chi connectivity index (χ1v) is 6.82. The standard InChI is InChI=1S/C13H23NS/c1-11(2)8-13(9-14-3)5-4-12-6-7-15-10-12/h6-7,10-11,13-14H,4-5,8-9H2,1-3H3. The molecule has 1 heterocycles. The summed E-state index contributed by atoms with van der Waals surface area (Å²) in [4.78, 5) is 0. The van der Waals surface area contributed by atoms with Gasteiger partial charge in [-0.3, -0.25) is 0 Å². The van der Waals surface area contributed by atoms with Crippen molar-refractivity contribution in [2.45, 2.75) is 33.1 Å². The van der Waals surface area contributed by atoms with Gasteiger partial charge in [0.25, 0.3) is 0 Å². The Bertz CT molecular complexity index is 241. The van der Waals surface area contributed by atoms with E-state index in [4.69, 9.17) is 0 Å². The zero-order valence-electron chi connectivity index (χ0n) is 10.1. The van der Waals surface area contributed by atoms with Crippen LogP contribution < -0.4 is 5.32 Å². The van der Waals surface area contributed by atoms with Crippen LogP contribution in [-0.4, -0.2) is 13.6 Å². The molecular formula is C13H23NS. The maximum absolute atomic E-state index is 3.31. The van der Waals surface area contributed by atoms with E-state index in [0.29, 0.717) is 0 Å². The summed E-state index contributed by atoms with van der Waals surface area (Å²) in [6.07, 6.45) is 3.89. The predicted molar refractivity (Wildman–Crippen MR) is 69.5 cm³/mol. The van der Waals surface area contributed by atoms with Crippen molar-refractivity contribution in [3.05, 3.63) is 22.4 Å². The second kappa shape index (κ2) is 7.02. The lowest BCUT2D eigenvalue weighted by molar-refractivity contribution is 0.376. The summed E-state index contributed by atoms with van der Waals surface area (Å²) >= 11 is 1.80. The van der Waals surface area contributed by atoms with Crippen LogP contribution >= 0.6 is 11.3 Å². The molecule has 1 nitrogen and oxygen atoms in total. The maximum Gasteiger partial charge on any atom is -0.00233 e. The Morgan fingerprint density at radius 1 is 1.40 bits per heavy atom. The molecule has 0 saturated heterocycles. The Hall–Kier alpha value is -0.340. The highest BCUT2D eigenvalue weighted by Crippen LogP contribution is 2.18. The van der Waals surface area contributed by atoms with Crippen LogP contribution in [0.4, 0.5) is 0 Å². The van der Waals surface area contributed by atoms with Gasteiger partial charge in [-0.2, -0.15) is 11.3 Å². The summed E-state index contributed by atoms with van der Waals surface area (Å²) in [5, 5.41) is 7.75. The quantitative estimate of drug-likeness (QED) is 0.748. The highest BCUT2D eigenvalue weighted by atomic mass is 32.1. The second-order valence-electron chi connectivity index (χ2n) is 4.72. The van der Waals surface area contributed by atoms with Gasteiger partial charge in [0.2, 0.25) is 0 Å². The van der Waals surface area contributed by atoms with E-state index in [1.165, 1.54) is 24.8 Å². The molecule has 0 aliphatic carbocycles. The van der Waals surface area contributed by atoms with Crippen molar-refractivity contribution >= 4 is 11.3 Å². The van der Waals surface area contributed by atoms with Crippen LogP contribution in [0.25, 0.3) is 0 Å². The molecule has 1 aromatic rings. The topological polar surface area (TPSA) is 12.0 Å². The molecule has 0 radical (unpaired) electrons. The van der Waals surface area contributed by atoms with Crippen molar-refractivity contribution in [2.75, 3.05) is 13.6 Å². The molecule has 0 spiro atoms. The second-order valence-corrected chi connectivity index (χ2v) is 5.50.